The van der Waals surface area contributed by atoms with Crippen LogP contribution in [-0.4, -0.2) is 43.9 Å². The fourth-order valence-corrected chi connectivity index (χ4v) is 4.62. The second-order valence-corrected chi connectivity index (χ2v) is 9.33. The average Bonchev–Trinajstić information content (AvgIpc) is 3.47. The van der Waals surface area contributed by atoms with Gasteiger partial charge in [-0.2, -0.15) is 11.3 Å². The molecule has 5 rings (SSSR count). The van der Waals surface area contributed by atoms with E-state index in [1.54, 1.807) is 48.5 Å². The number of carbonyl (C=O) groups excluding carboxylic acids is 3. The SMILES string of the molecule is O=C(Nc1ccc(C(=O)c2ccc(C(=O)Nc3ccsc3)cc2)cc1)c1ccc(N2CCOCC2)cc1. The lowest BCUT2D eigenvalue weighted by atomic mass is 10.0. The predicted octanol–water partition coefficient (Wildman–Crippen LogP) is 5.32. The molecule has 4 aromatic rings. The van der Waals surface area contributed by atoms with Gasteiger partial charge in [-0.3, -0.25) is 14.4 Å². The Morgan fingerprint density at radius 3 is 1.73 bits per heavy atom. The quantitative estimate of drug-likeness (QED) is 0.328. The summed E-state index contributed by atoms with van der Waals surface area (Å²) in [5.41, 5.74) is 4.40. The molecule has 0 saturated carbocycles. The Morgan fingerprint density at radius 1 is 0.649 bits per heavy atom. The lowest BCUT2D eigenvalue weighted by Gasteiger charge is -2.28. The van der Waals surface area contributed by atoms with Crippen LogP contribution in [0.3, 0.4) is 0 Å². The summed E-state index contributed by atoms with van der Waals surface area (Å²) in [6, 6.07) is 22.6. The highest BCUT2D eigenvalue weighted by molar-refractivity contribution is 7.08. The van der Waals surface area contributed by atoms with E-state index in [0.717, 1.165) is 24.5 Å². The number of morpholine rings is 1. The van der Waals surface area contributed by atoms with Crippen molar-refractivity contribution in [2.24, 2.45) is 0 Å². The molecule has 7 nitrogen and oxygen atoms in total. The summed E-state index contributed by atoms with van der Waals surface area (Å²) in [6.45, 7) is 3.09. The topological polar surface area (TPSA) is 87.7 Å². The first-order valence-electron chi connectivity index (χ1n) is 11.9. The highest BCUT2D eigenvalue weighted by Crippen LogP contribution is 2.19. The number of benzene rings is 3. The maximum Gasteiger partial charge on any atom is 0.255 e. The van der Waals surface area contributed by atoms with Crippen molar-refractivity contribution in [3.63, 3.8) is 0 Å². The van der Waals surface area contributed by atoms with Gasteiger partial charge >= 0.3 is 0 Å². The van der Waals surface area contributed by atoms with E-state index in [4.69, 9.17) is 4.74 Å². The van der Waals surface area contributed by atoms with Crippen molar-refractivity contribution >= 4 is 46.0 Å². The average molecular weight is 512 g/mol. The molecule has 1 aliphatic heterocycles. The molecule has 2 amide bonds. The Balaban J connectivity index is 1.18. The van der Waals surface area contributed by atoms with Crippen LogP contribution in [0, 0.1) is 0 Å². The lowest BCUT2D eigenvalue weighted by molar-refractivity contribution is 0.101. The zero-order valence-corrected chi connectivity index (χ0v) is 20.8. The minimum absolute atomic E-state index is 0.165. The summed E-state index contributed by atoms with van der Waals surface area (Å²) in [4.78, 5) is 40.2. The number of hydrogen-bond acceptors (Lipinski definition) is 6. The number of ketones is 1. The zero-order valence-electron chi connectivity index (χ0n) is 20.0. The zero-order chi connectivity index (χ0) is 25.6. The van der Waals surface area contributed by atoms with Crippen LogP contribution in [0.25, 0.3) is 0 Å². The molecule has 0 spiro atoms. The molecule has 1 saturated heterocycles. The minimum atomic E-state index is -0.228. The minimum Gasteiger partial charge on any atom is -0.378 e. The Hall–Kier alpha value is -4.27. The maximum atomic E-state index is 12.9. The van der Waals surface area contributed by atoms with Crippen LogP contribution in [0.5, 0.6) is 0 Å². The van der Waals surface area contributed by atoms with Gasteiger partial charge in [0.2, 0.25) is 0 Å². The molecule has 0 unspecified atom stereocenters. The summed E-state index contributed by atoms with van der Waals surface area (Å²) in [5, 5.41) is 9.43. The van der Waals surface area contributed by atoms with Crippen molar-refractivity contribution < 1.29 is 19.1 Å². The molecule has 1 aromatic heterocycles. The number of hydrogen-bond donors (Lipinski definition) is 2. The molecule has 0 atom stereocenters. The number of ether oxygens (including phenoxy) is 1. The van der Waals surface area contributed by atoms with E-state index in [1.165, 1.54) is 11.3 Å². The van der Waals surface area contributed by atoms with Gasteiger partial charge in [0.15, 0.2) is 5.78 Å². The fraction of sp³-hybridized carbons (Fsp3) is 0.138. The number of carbonyl (C=O) groups is 3. The van der Waals surface area contributed by atoms with Crippen LogP contribution in [0.2, 0.25) is 0 Å². The van der Waals surface area contributed by atoms with Crippen molar-refractivity contribution in [2.45, 2.75) is 0 Å². The smallest absolute Gasteiger partial charge is 0.255 e. The summed E-state index contributed by atoms with van der Waals surface area (Å²) >= 11 is 1.50. The highest BCUT2D eigenvalue weighted by atomic mass is 32.1. The van der Waals surface area contributed by atoms with Crippen molar-refractivity contribution in [1.82, 2.24) is 0 Å². The first-order valence-corrected chi connectivity index (χ1v) is 12.8. The number of rotatable bonds is 7. The third kappa shape index (κ3) is 5.94. The summed E-state index contributed by atoms with van der Waals surface area (Å²) in [5.74, 6) is -0.612. The Morgan fingerprint density at radius 2 is 1.16 bits per heavy atom. The fourth-order valence-electron chi connectivity index (χ4n) is 4.03. The molecule has 0 aliphatic carbocycles. The molecule has 3 aromatic carbocycles. The normalized spacial score (nSPS) is 13.1. The number of amides is 2. The largest absolute Gasteiger partial charge is 0.378 e. The van der Waals surface area contributed by atoms with Gasteiger partial charge in [-0.15, -0.1) is 0 Å². The van der Waals surface area contributed by atoms with Gasteiger partial charge in [-0.05, 0) is 72.1 Å². The molecule has 2 N–H and O–H groups in total. The molecule has 0 radical (unpaired) electrons. The summed E-state index contributed by atoms with van der Waals surface area (Å²) < 4.78 is 5.39. The van der Waals surface area contributed by atoms with Crippen LogP contribution in [0.15, 0.2) is 89.6 Å². The van der Waals surface area contributed by atoms with Crippen molar-refractivity contribution in [2.75, 3.05) is 41.8 Å². The van der Waals surface area contributed by atoms with E-state index >= 15 is 0 Å². The second-order valence-electron chi connectivity index (χ2n) is 8.55. The first-order chi connectivity index (χ1) is 18.1. The van der Waals surface area contributed by atoms with E-state index in [2.05, 4.69) is 15.5 Å². The lowest BCUT2D eigenvalue weighted by Crippen LogP contribution is -2.36. The van der Waals surface area contributed by atoms with Gasteiger partial charge in [0, 0.05) is 52.1 Å². The number of nitrogens with zero attached hydrogens (tertiary/aromatic N) is 1. The molecule has 2 heterocycles. The molecule has 186 valence electrons. The molecule has 0 bridgehead atoms. The van der Waals surface area contributed by atoms with E-state index in [0.29, 0.717) is 41.2 Å². The van der Waals surface area contributed by atoms with Gasteiger partial charge in [-0.25, -0.2) is 0 Å². The van der Waals surface area contributed by atoms with Gasteiger partial charge in [-0.1, -0.05) is 12.1 Å². The van der Waals surface area contributed by atoms with Crippen LogP contribution in [-0.2, 0) is 4.74 Å². The predicted molar refractivity (Wildman–Crippen MR) is 146 cm³/mol. The van der Waals surface area contributed by atoms with Gasteiger partial charge in [0.1, 0.15) is 0 Å². The summed E-state index contributed by atoms with van der Waals surface area (Å²) in [7, 11) is 0. The Labute approximate surface area is 218 Å². The van der Waals surface area contributed by atoms with Crippen LogP contribution >= 0.6 is 11.3 Å². The first kappa shape index (κ1) is 24.4. The van der Waals surface area contributed by atoms with E-state index in [1.807, 2.05) is 41.1 Å². The third-order valence-corrected chi connectivity index (χ3v) is 6.78. The van der Waals surface area contributed by atoms with E-state index < -0.39 is 0 Å². The Bertz CT molecular complexity index is 1380. The van der Waals surface area contributed by atoms with Crippen LogP contribution in [0.1, 0.15) is 36.6 Å². The summed E-state index contributed by atoms with van der Waals surface area (Å²) in [6.07, 6.45) is 0. The molecule has 1 aliphatic rings. The van der Waals surface area contributed by atoms with Crippen molar-refractivity contribution in [3.05, 3.63) is 112 Å². The number of nitrogens with one attached hydrogen (secondary N) is 2. The monoisotopic (exact) mass is 511 g/mol. The molecule has 8 heteroatoms. The number of anilines is 3. The van der Waals surface area contributed by atoms with Crippen LogP contribution < -0.4 is 15.5 Å². The van der Waals surface area contributed by atoms with Gasteiger partial charge in [0.05, 0.1) is 18.9 Å². The molecular formula is C29H25N3O4S. The van der Waals surface area contributed by atoms with E-state index in [9.17, 15) is 14.4 Å². The van der Waals surface area contributed by atoms with Gasteiger partial charge < -0.3 is 20.3 Å². The van der Waals surface area contributed by atoms with Crippen LogP contribution in [0.4, 0.5) is 17.1 Å². The molecule has 1 fully saturated rings. The third-order valence-electron chi connectivity index (χ3n) is 6.10. The highest BCUT2D eigenvalue weighted by Gasteiger charge is 2.14. The standard InChI is InChI=1S/C29H25N3O4S/c33-27(20-1-3-22(4-2-20)29(35)31-25-13-18-37-19-25)21-5-9-24(10-6-21)30-28(34)23-7-11-26(12-8-23)32-14-16-36-17-15-32/h1-13,18-19H,14-17H2,(H,30,34)(H,31,35). The maximum absolute atomic E-state index is 12.9. The Kier molecular flexibility index (Phi) is 7.39. The second kappa shape index (κ2) is 11.2. The van der Waals surface area contributed by atoms with Crippen molar-refractivity contribution in [1.29, 1.82) is 0 Å². The molecule has 37 heavy (non-hydrogen) atoms. The van der Waals surface area contributed by atoms with Crippen molar-refractivity contribution in [3.8, 4) is 0 Å². The molecular weight excluding hydrogens is 486 g/mol. The number of thiophene rings is 1. The van der Waals surface area contributed by atoms with Gasteiger partial charge in [0.25, 0.3) is 11.8 Å². The van der Waals surface area contributed by atoms with E-state index in [-0.39, 0.29) is 17.6 Å².